The fourth-order valence-corrected chi connectivity index (χ4v) is 3.83. The van der Waals surface area contributed by atoms with E-state index in [1.165, 1.54) is 6.26 Å². The molecule has 0 unspecified atom stereocenters. The van der Waals surface area contributed by atoms with E-state index in [0.29, 0.717) is 49.0 Å². The van der Waals surface area contributed by atoms with Crippen molar-refractivity contribution in [3.05, 3.63) is 59.7 Å². The lowest BCUT2D eigenvalue weighted by molar-refractivity contribution is -0.139. The number of benzene rings is 1. The van der Waals surface area contributed by atoms with E-state index in [9.17, 15) is 9.59 Å². The Hall–Kier alpha value is -3.46. The summed E-state index contributed by atoms with van der Waals surface area (Å²) in [6.07, 6.45) is 1.32. The van der Waals surface area contributed by atoms with Gasteiger partial charge in [-0.3, -0.25) is 4.90 Å². The summed E-state index contributed by atoms with van der Waals surface area (Å²) in [5, 5.41) is 5.54. The van der Waals surface area contributed by atoms with E-state index in [0.717, 1.165) is 5.75 Å². The summed E-state index contributed by atoms with van der Waals surface area (Å²) in [7, 11) is 0. The number of rotatable bonds is 8. The molecule has 2 aliphatic heterocycles. The number of esters is 1. The molecule has 32 heavy (non-hydrogen) atoms. The van der Waals surface area contributed by atoms with Crippen LogP contribution in [0.25, 0.3) is 0 Å². The third-order valence-electron chi connectivity index (χ3n) is 5.33. The van der Waals surface area contributed by atoms with Crippen LogP contribution >= 0.6 is 0 Å². The van der Waals surface area contributed by atoms with Crippen molar-refractivity contribution in [2.75, 3.05) is 32.8 Å². The van der Waals surface area contributed by atoms with Crippen molar-refractivity contribution in [1.82, 2.24) is 15.5 Å². The number of amides is 2. The Bertz CT molecular complexity index is 987. The summed E-state index contributed by atoms with van der Waals surface area (Å²) in [6.45, 7) is 5.95. The summed E-state index contributed by atoms with van der Waals surface area (Å²) in [5.74, 6) is 1.40. The first-order valence-electron chi connectivity index (χ1n) is 10.7. The van der Waals surface area contributed by atoms with Crippen molar-refractivity contribution in [2.45, 2.75) is 26.0 Å². The fourth-order valence-electron chi connectivity index (χ4n) is 3.83. The molecule has 2 amide bonds. The van der Waals surface area contributed by atoms with E-state index in [1.54, 1.807) is 19.1 Å². The number of furan rings is 1. The lowest BCUT2D eigenvalue weighted by Crippen LogP contribution is -2.49. The molecule has 2 aliphatic rings. The number of nitrogens with one attached hydrogen (secondary N) is 2. The van der Waals surface area contributed by atoms with Gasteiger partial charge in [0.2, 0.25) is 0 Å². The number of nitrogens with zero attached hydrogens (tertiary/aromatic N) is 1. The number of likely N-dealkylation sites (N-methyl/N-ethyl adjacent to an activating group) is 1. The maximum Gasteiger partial charge on any atom is 0.338 e. The molecule has 1 aromatic carbocycles. The normalized spacial score (nSPS) is 20.0. The zero-order valence-corrected chi connectivity index (χ0v) is 18.1. The molecule has 0 spiro atoms. The highest BCUT2D eigenvalue weighted by Gasteiger charge is 2.36. The zero-order chi connectivity index (χ0) is 22.5. The summed E-state index contributed by atoms with van der Waals surface area (Å²) >= 11 is 0. The molecule has 0 fully saturated rings. The molecule has 9 nitrogen and oxygen atoms in total. The number of carbonyl (C=O) groups is 2. The third-order valence-corrected chi connectivity index (χ3v) is 5.33. The molecule has 0 radical (unpaired) electrons. The quantitative estimate of drug-likeness (QED) is 0.607. The molecule has 1 aromatic heterocycles. The van der Waals surface area contributed by atoms with Crippen LogP contribution in [0, 0.1) is 0 Å². The molecule has 0 saturated carbocycles. The first-order chi connectivity index (χ1) is 15.6. The van der Waals surface area contributed by atoms with Crippen molar-refractivity contribution in [2.24, 2.45) is 0 Å². The average Bonchev–Trinajstić information content (AvgIpc) is 3.33. The van der Waals surface area contributed by atoms with E-state index < -0.39 is 18.0 Å². The molecular weight excluding hydrogens is 414 g/mol. The molecule has 4 rings (SSSR count). The van der Waals surface area contributed by atoms with Crippen molar-refractivity contribution in [3.63, 3.8) is 0 Å². The van der Waals surface area contributed by atoms with Crippen LogP contribution in [-0.2, 0) is 9.53 Å². The highest BCUT2D eigenvalue weighted by molar-refractivity contribution is 5.95. The molecule has 170 valence electrons. The second kappa shape index (κ2) is 9.78. The van der Waals surface area contributed by atoms with Crippen LogP contribution in [0.2, 0.25) is 0 Å². The van der Waals surface area contributed by atoms with Crippen LogP contribution in [0.5, 0.6) is 11.5 Å². The van der Waals surface area contributed by atoms with Crippen LogP contribution in [0.3, 0.4) is 0 Å². The van der Waals surface area contributed by atoms with Gasteiger partial charge in [-0.05, 0) is 37.7 Å². The maximum atomic E-state index is 12.8. The van der Waals surface area contributed by atoms with Crippen LogP contribution < -0.4 is 20.1 Å². The smallest absolute Gasteiger partial charge is 0.338 e. The number of urea groups is 1. The average molecular weight is 441 g/mol. The van der Waals surface area contributed by atoms with Gasteiger partial charge in [-0.2, -0.15) is 0 Å². The number of hydrogen-bond donors (Lipinski definition) is 2. The molecule has 2 atom stereocenters. The van der Waals surface area contributed by atoms with E-state index >= 15 is 0 Å². The Morgan fingerprint density at radius 3 is 2.72 bits per heavy atom. The van der Waals surface area contributed by atoms with E-state index in [4.69, 9.17) is 18.6 Å². The van der Waals surface area contributed by atoms with Gasteiger partial charge in [0.25, 0.3) is 0 Å². The minimum absolute atomic E-state index is 0.185. The number of carbonyl (C=O) groups excluding carboxylic acids is 2. The Morgan fingerprint density at radius 1 is 1.19 bits per heavy atom. The second-order valence-corrected chi connectivity index (χ2v) is 7.48. The van der Waals surface area contributed by atoms with Gasteiger partial charge in [0.15, 0.2) is 11.5 Å². The first kappa shape index (κ1) is 21.8. The largest absolute Gasteiger partial charge is 0.486 e. The molecule has 0 saturated heterocycles. The van der Waals surface area contributed by atoms with Gasteiger partial charge in [-0.15, -0.1) is 0 Å². The molecule has 0 aliphatic carbocycles. The van der Waals surface area contributed by atoms with Crippen LogP contribution in [0.15, 0.2) is 58.3 Å². The Balaban J connectivity index is 1.56. The number of fused-ring (bicyclic) bond motifs is 1. The van der Waals surface area contributed by atoms with Crippen molar-refractivity contribution < 1.29 is 28.2 Å². The lowest BCUT2D eigenvalue weighted by Gasteiger charge is -2.33. The summed E-state index contributed by atoms with van der Waals surface area (Å²) < 4.78 is 22.7. The summed E-state index contributed by atoms with van der Waals surface area (Å²) in [5.41, 5.74) is 0.804. The van der Waals surface area contributed by atoms with E-state index in [-0.39, 0.29) is 12.7 Å². The number of para-hydroxylation sites is 2. The standard InChI is InChI=1S/C23H27N3O6/c1-3-26(12-15-14-31-17-8-5-6-9-18(17)32-15)13-16-20(22(27)29-4-2)21(25-23(28)24-16)19-10-7-11-30-19/h5-11,15,21H,3-4,12-14H2,1-2H3,(H2,24,25,28)/t15-,21-/m1/s1. The van der Waals surface area contributed by atoms with Gasteiger partial charge in [-0.1, -0.05) is 19.1 Å². The Kier molecular flexibility index (Phi) is 6.65. The SMILES string of the molecule is CCOC(=O)C1=C(CN(CC)C[C@@H]2COc3ccccc3O2)NC(=O)N[C@@H]1c1ccco1. The second-order valence-electron chi connectivity index (χ2n) is 7.48. The predicted octanol–water partition coefficient (Wildman–Crippen LogP) is 2.61. The monoisotopic (exact) mass is 441 g/mol. The van der Waals surface area contributed by atoms with Gasteiger partial charge >= 0.3 is 12.0 Å². The first-order valence-corrected chi connectivity index (χ1v) is 10.7. The number of ether oxygens (including phenoxy) is 3. The molecule has 3 heterocycles. The lowest BCUT2D eigenvalue weighted by atomic mass is 9.99. The van der Waals surface area contributed by atoms with Crippen LogP contribution in [0.4, 0.5) is 4.79 Å². The van der Waals surface area contributed by atoms with Crippen molar-refractivity contribution in [1.29, 1.82) is 0 Å². The van der Waals surface area contributed by atoms with Gasteiger partial charge in [0.05, 0.1) is 18.4 Å². The third kappa shape index (κ3) is 4.72. The van der Waals surface area contributed by atoms with Crippen LogP contribution in [0.1, 0.15) is 25.6 Å². The van der Waals surface area contributed by atoms with Crippen molar-refractivity contribution >= 4 is 12.0 Å². The van der Waals surface area contributed by atoms with Gasteiger partial charge in [0, 0.05) is 18.8 Å². The molecule has 9 heteroatoms. The topological polar surface area (TPSA) is 102 Å². The zero-order valence-electron chi connectivity index (χ0n) is 18.1. The summed E-state index contributed by atoms with van der Waals surface area (Å²) in [6, 6.07) is 9.85. The van der Waals surface area contributed by atoms with E-state index in [1.807, 2.05) is 31.2 Å². The van der Waals surface area contributed by atoms with Gasteiger partial charge < -0.3 is 29.3 Å². The summed E-state index contributed by atoms with van der Waals surface area (Å²) in [4.78, 5) is 27.3. The number of hydrogen-bond acceptors (Lipinski definition) is 7. The highest BCUT2D eigenvalue weighted by Crippen LogP contribution is 2.32. The molecule has 2 N–H and O–H groups in total. The Morgan fingerprint density at radius 2 is 2.00 bits per heavy atom. The van der Waals surface area contributed by atoms with Crippen LogP contribution in [-0.4, -0.2) is 55.9 Å². The van der Waals surface area contributed by atoms with Crippen molar-refractivity contribution in [3.8, 4) is 11.5 Å². The van der Waals surface area contributed by atoms with Gasteiger partial charge in [0.1, 0.15) is 24.5 Å². The molecule has 2 aromatic rings. The minimum atomic E-state index is -0.729. The predicted molar refractivity (Wildman–Crippen MR) is 115 cm³/mol. The maximum absolute atomic E-state index is 12.8. The molecular formula is C23H27N3O6. The molecule has 0 bridgehead atoms. The highest BCUT2D eigenvalue weighted by atomic mass is 16.6. The fraction of sp³-hybridized carbons (Fsp3) is 0.391. The van der Waals surface area contributed by atoms with Gasteiger partial charge in [-0.25, -0.2) is 9.59 Å². The van der Waals surface area contributed by atoms with E-state index in [2.05, 4.69) is 15.5 Å². The minimum Gasteiger partial charge on any atom is -0.486 e. The Labute approximate surface area is 186 Å².